The molecule has 10 heteroatoms. The van der Waals surface area contributed by atoms with E-state index in [9.17, 15) is 4.79 Å². The maximum Gasteiger partial charge on any atom is 0.239 e. The predicted molar refractivity (Wildman–Crippen MR) is 92.8 cm³/mol. The van der Waals surface area contributed by atoms with Gasteiger partial charge in [-0.25, -0.2) is 0 Å². The van der Waals surface area contributed by atoms with Crippen molar-refractivity contribution in [1.82, 2.24) is 29.9 Å². The maximum absolute atomic E-state index is 12.3. The summed E-state index contributed by atoms with van der Waals surface area (Å²) in [6.07, 6.45) is 3.43. The Balaban J connectivity index is 1.69. The Morgan fingerprint density at radius 3 is 2.83 bits per heavy atom. The Labute approximate surface area is 146 Å². The fourth-order valence-electron chi connectivity index (χ4n) is 1.93. The molecule has 0 unspecified atom stereocenters. The number of rotatable bonds is 5. The molecule has 0 spiro atoms. The van der Waals surface area contributed by atoms with Gasteiger partial charge in [0.15, 0.2) is 11.0 Å². The van der Waals surface area contributed by atoms with E-state index in [1.807, 2.05) is 37.6 Å². The van der Waals surface area contributed by atoms with Crippen LogP contribution < -0.4 is 5.32 Å². The molecule has 0 saturated carbocycles. The van der Waals surface area contributed by atoms with E-state index in [1.54, 1.807) is 12.4 Å². The van der Waals surface area contributed by atoms with E-state index >= 15 is 0 Å². The van der Waals surface area contributed by atoms with Gasteiger partial charge in [-0.05, 0) is 26.0 Å². The van der Waals surface area contributed by atoms with Gasteiger partial charge in [-0.2, -0.15) is 0 Å². The summed E-state index contributed by atoms with van der Waals surface area (Å²) in [5, 5.41) is 20.5. The zero-order valence-electron chi connectivity index (χ0n) is 13.3. The Hall–Kier alpha value is -2.33. The highest BCUT2D eigenvalue weighted by molar-refractivity contribution is 8.00. The van der Waals surface area contributed by atoms with Crippen LogP contribution in [-0.2, 0) is 11.8 Å². The van der Waals surface area contributed by atoms with Gasteiger partial charge in [0.1, 0.15) is 5.01 Å². The van der Waals surface area contributed by atoms with Crippen LogP contribution in [0.4, 0.5) is 5.13 Å². The zero-order valence-corrected chi connectivity index (χ0v) is 14.9. The van der Waals surface area contributed by atoms with Gasteiger partial charge in [0.25, 0.3) is 0 Å². The molecule has 1 atom stereocenters. The van der Waals surface area contributed by atoms with Crippen LogP contribution in [0.1, 0.15) is 11.9 Å². The number of nitrogens with one attached hydrogen (secondary N) is 1. The summed E-state index contributed by atoms with van der Waals surface area (Å²) in [6, 6.07) is 3.76. The van der Waals surface area contributed by atoms with Crippen LogP contribution in [0.15, 0.2) is 29.7 Å². The van der Waals surface area contributed by atoms with Crippen molar-refractivity contribution in [1.29, 1.82) is 0 Å². The molecule has 0 radical (unpaired) electrons. The molecule has 1 N–H and O–H groups in total. The topological polar surface area (TPSA) is 98.5 Å². The lowest BCUT2D eigenvalue weighted by Crippen LogP contribution is -2.22. The second-order valence-electron chi connectivity index (χ2n) is 4.98. The van der Waals surface area contributed by atoms with Crippen molar-refractivity contribution in [3.63, 3.8) is 0 Å². The molecule has 0 aliphatic heterocycles. The number of hydrogen-bond donors (Lipinski definition) is 1. The van der Waals surface area contributed by atoms with Gasteiger partial charge >= 0.3 is 0 Å². The smallest absolute Gasteiger partial charge is 0.239 e. The van der Waals surface area contributed by atoms with E-state index < -0.39 is 0 Å². The lowest BCUT2D eigenvalue weighted by atomic mass is 10.3. The zero-order chi connectivity index (χ0) is 17.1. The van der Waals surface area contributed by atoms with Crippen molar-refractivity contribution in [3.05, 3.63) is 29.5 Å². The lowest BCUT2D eigenvalue weighted by Gasteiger charge is -2.09. The second-order valence-corrected chi connectivity index (χ2v) is 7.47. The SMILES string of the molecule is Cc1nnc(NC(=O)[C@H](C)Sc2nnc(-c3cccnc3)n2C)s1. The van der Waals surface area contributed by atoms with Crippen molar-refractivity contribution in [3.8, 4) is 11.4 Å². The van der Waals surface area contributed by atoms with Crippen LogP contribution in [-0.4, -0.2) is 41.1 Å². The van der Waals surface area contributed by atoms with E-state index in [0.717, 1.165) is 10.6 Å². The Morgan fingerprint density at radius 2 is 2.17 bits per heavy atom. The van der Waals surface area contributed by atoms with E-state index in [2.05, 4.69) is 30.7 Å². The van der Waals surface area contributed by atoms with Crippen molar-refractivity contribution in [2.24, 2.45) is 7.05 Å². The first kappa shape index (κ1) is 16.5. The summed E-state index contributed by atoms with van der Waals surface area (Å²) in [7, 11) is 1.86. The number of carbonyl (C=O) groups excluding carboxylic acids is 1. The molecule has 3 aromatic rings. The molecule has 0 saturated heterocycles. The molecule has 24 heavy (non-hydrogen) atoms. The molecule has 3 heterocycles. The van der Waals surface area contributed by atoms with Crippen molar-refractivity contribution < 1.29 is 4.79 Å². The molecule has 0 aromatic carbocycles. The molecule has 0 aliphatic rings. The predicted octanol–water partition coefficient (Wildman–Crippen LogP) is 2.16. The van der Waals surface area contributed by atoms with Gasteiger partial charge in [0, 0.05) is 25.0 Å². The van der Waals surface area contributed by atoms with Gasteiger partial charge in [0.2, 0.25) is 11.0 Å². The Morgan fingerprint density at radius 1 is 1.33 bits per heavy atom. The van der Waals surface area contributed by atoms with Crippen LogP contribution >= 0.6 is 23.1 Å². The number of amides is 1. The summed E-state index contributed by atoms with van der Waals surface area (Å²) in [4.78, 5) is 16.3. The number of anilines is 1. The standard InChI is InChI=1S/C14H15N7OS2/c1-8(12(22)16-13-19-17-9(2)24-13)23-14-20-18-11(21(14)3)10-5-4-6-15-7-10/h4-8H,1-3H3,(H,16,19,22)/t8-/m0/s1. The van der Waals surface area contributed by atoms with Crippen molar-refractivity contribution in [2.45, 2.75) is 24.3 Å². The molecule has 3 aromatic heterocycles. The van der Waals surface area contributed by atoms with Gasteiger partial charge in [-0.1, -0.05) is 23.1 Å². The quantitative estimate of drug-likeness (QED) is 0.695. The highest BCUT2D eigenvalue weighted by Crippen LogP contribution is 2.26. The summed E-state index contributed by atoms with van der Waals surface area (Å²) in [6.45, 7) is 3.65. The fourth-order valence-corrected chi connectivity index (χ4v) is 3.34. The number of thioether (sulfide) groups is 1. The molecule has 124 valence electrons. The third-order valence-corrected chi connectivity index (χ3v) is 5.05. The minimum Gasteiger partial charge on any atom is -0.305 e. The molecule has 0 fully saturated rings. The first-order valence-corrected chi connectivity index (χ1v) is 8.81. The monoisotopic (exact) mass is 361 g/mol. The number of pyridine rings is 1. The fraction of sp³-hybridized carbons (Fsp3) is 0.286. The molecular formula is C14H15N7OS2. The Kier molecular flexibility index (Phi) is 4.86. The molecule has 1 amide bonds. The largest absolute Gasteiger partial charge is 0.305 e. The minimum atomic E-state index is -0.348. The molecule has 3 rings (SSSR count). The normalized spacial score (nSPS) is 12.1. The Bertz CT molecular complexity index is 846. The first-order chi connectivity index (χ1) is 11.5. The number of carbonyl (C=O) groups is 1. The van der Waals surface area contributed by atoms with Gasteiger partial charge in [-0.15, -0.1) is 20.4 Å². The highest BCUT2D eigenvalue weighted by Gasteiger charge is 2.20. The third-order valence-electron chi connectivity index (χ3n) is 3.16. The molecule has 0 aliphatic carbocycles. The molecule has 8 nitrogen and oxygen atoms in total. The molecule has 0 bridgehead atoms. The van der Waals surface area contributed by atoms with E-state index in [4.69, 9.17) is 0 Å². The van der Waals surface area contributed by atoms with E-state index in [1.165, 1.54) is 23.1 Å². The van der Waals surface area contributed by atoms with Crippen molar-refractivity contribution >= 4 is 34.1 Å². The van der Waals surface area contributed by atoms with Crippen LogP contribution in [0.3, 0.4) is 0 Å². The number of aryl methyl sites for hydroxylation is 1. The van der Waals surface area contributed by atoms with Crippen LogP contribution in [0.25, 0.3) is 11.4 Å². The van der Waals surface area contributed by atoms with Crippen LogP contribution in [0.5, 0.6) is 0 Å². The average molecular weight is 361 g/mol. The summed E-state index contributed by atoms with van der Waals surface area (Å²) < 4.78 is 1.85. The second kappa shape index (κ2) is 7.05. The average Bonchev–Trinajstić information content (AvgIpc) is 3.14. The van der Waals surface area contributed by atoms with Gasteiger partial charge < -0.3 is 4.57 Å². The first-order valence-electron chi connectivity index (χ1n) is 7.12. The van der Waals surface area contributed by atoms with Gasteiger partial charge in [0.05, 0.1) is 5.25 Å². The summed E-state index contributed by atoms with van der Waals surface area (Å²) in [5.41, 5.74) is 0.876. The third kappa shape index (κ3) is 3.60. The van der Waals surface area contributed by atoms with Crippen LogP contribution in [0.2, 0.25) is 0 Å². The van der Waals surface area contributed by atoms with Crippen molar-refractivity contribution in [2.75, 3.05) is 5.32 Å². The van der Waals surface area contributed by atoms with Gasteiger partial charge in [-0.3, -0.25) is 15.1 Å². The molecular weight excluding hydrogens is 346 g/mol. The number of hydrogen-bond acceptors (Lipinski definition) is 8. The summed E-state index contributed by atoms with van der Waals surface area (Å²) >= 11 is 2.67. The highest BCUT2D eigenvalue weighted by atomic mass is 32.2. The van der Waals surface area contributed by atoms with Crippen LogP contribution in [0, 0.1) is 6.92 Å². The lowest BCUT2D eigenvalue weighted by molar-refractivity contribution is -0.115. The minimum absolute atomic E-state index is 0.151. The number of aromatic nitrogens is 6. The van der Waals surface area contributed by atoms with E-state index in [0.29, 0.717) is 16.1 Å². The van der Waals surface area contributed by atoms with E-state index in [-0.39, 0.29) is 11.2 Å². The maximum atomic E-state index is 12.3. The number of nitrogens with zero attached hydrogens (tertiary/aromatic N) is 6. The summed E-state index contributed by atoms with van der Waals surface area (Å²) in [5.74, 6) is 0.556.